The zero-order chi connectivity index (χ0) is 15.1. The van der Waals surface area contributed by atoms with Gasteiger partial charge in [0.25, 0.3) is 0 Å². The van der Waals surface area contributed by atoms with E-state index in [2.05, 4.69) is 0 Å². The molecule has 0 saturated carbocycles. The Morgan fingerprint density at radius 1 is 1.30 bits per heavy atom. The average Bonchev–Trinajstić information content (AvgIpc) is 2.60. The summed E-state index contributed by atoms with van der Waals surface area (Å²) >= 11 is 0. The van der Waals surface area contributed by atoms with Crippen LogP contribution in [-0.4, -0.2) is 23.5 Å². The van der Waals surface area contributed by atoms with Crippen LogP contribution in [0.1, 0.15) is 20.8 Å². The summed E-state index contributed by atoms with van der Waals surface area (Å²) in [4.78, 5) is 11.8. The topological polar surface area (TPSA) is 95.3 Å². The highest BCUT2D eigenvalue weighted by molar-refractivity contribution is 7.92. The first-order valence-corrected chi connectivity index (χ1v) is 7.88. The lowest BCUT2D eigenvalue weighted by atomic mass is 10.3. The van der Waals surface area contributed by atoms with Gasteiger partial charge < -0.3 is 10.2 Å². The van der Waals surface area contributed by atoms with Crippen LogP contribution in [-0.2, 0) is 16.4 Å². The van der Waals surface area contributed by atoms with Crippen molar-refractivity contribution in [2.75, 3.05) is 11.5 Å². The molecule has 0 fully saturated rings. The molecule has 0 radical (unpaired) electrons. The van der Waals surface area contributed by atoms with Crippen LogP contribution >= 0.6 is 0 Å². The van der Waals surface area contributed by atoms with E-state index in [1.807, 2.05) is 0 Å². The van der Waals surface area contributed by atoms with Gasteiger partial charge in [0, 0.05) is 12.2 Å². The molecular weight excluding hydrogens is 280 g/mol. The number of hydrogen-bond donors (Lipinski definition) is 1. The molecule has 1 aromatic carbocycles. The fourth-order valence-corrected chi connectivity index (χ4v) is 2.84. The van der Waals surface area contributed by atoms with Crippen molar-refractivity contribution in [3.05, 3.63) is 28.7 Å². The van der Waals surface area contributed by atoms with Crippen LogP contribution in [0, 0.1) is 0 Å². The Labute approximate surface area is 117 Å². The zero-order valence-electron chi connectivity index (χ0n) is 11.7. The van der Waals surface area contributed by atoms with E-state index < -0.39 is 20.3 Å². The fraction of sp³-hybridized carbons (Fsp3) is 0.462. The summed E-state index contributed by atoms with van der Waals surface area (Å²) in [6.07, 6.45) is 0. The first-order valence-electron chi connectivity index (χ1n) is 6.23. The summed E-state index contributed by atoms with van der Waals surface area (Å²) in [5.41, 5.74) is 7.08. The molecule has 7 heteroatoms. The first kappa shape index (κ1) is 14.6. The van der Waals surface area contributed by atoms with Gasteiger partial charge in [-0.05, 0) is 39.0 Å². The number of nitrogens with two attached hydrogens (primary N) is 1. The molecule has 0 aliphatic carbocycles. The van der Waals surface area contributed by atoms with Gasteiger partial charge in [0.05, 0.1) is 16.0 Å². The second-order valence-electron chi connectivity index (χ2n) is 5.68. The normalized spacial score (nSPS) is 12.9. The van der Waals surface area contributed by atoms with Crippen molar-refractivity contribution >= 4 is 26.6 Å². The minimum Gasteiger partial charge on any atom is -0.408 e. The minimum atomic E-state index is -3.30. The van der Waals surface area contributed by atoms with Gasteiger partial charge in [-0.25, -0.2) is 13.2 Å². The third kappa shape index (κ3) is 2.58. The van der Waals surface area contributed by atoms with Gasteiger partial charge in [-0.2, -0.15) is 0 Å². The highest BCUT2D eigenvalue weighted by Crippen LogP contribution is 2.19. The van der Waals surface area contributed by atoms with Crippen LogP contribution in [0.3, 0.4) is 0 Å². The first-order chi connectivity index (χ1) is 9.12. The number of aryl methyl sites for hydroxylation is 1. The molecule has 2 rings (SSSR count). The van der Waals surface area contributed by atoms with Crippen LogP contribution in [0.15, 0.2) is 27.4 Å². The number of anilines is 1. The van der Waals surface area contributed by atoms with Crippen LogP contribution in [0.2, 0.25) is 0 Å². The second kappa shape index (κ2) is 4.66. The number of rotatable bonds is 3. The molecule has 1 aromatic heterocycles. The number of nitrogen functional groups attached to an aromatic ring is 1. The molecule has 0 aliphatic rings. The Hall–Kier alpha value is -1.76. The van der Waals surface area contributed by atoms with Crippen molar-refractivity contribution in [3.8, 4) is 0 Å². The lowest BCUT2D eigenvalue weighted by Gasteiger charge is -2.18. The van der Waals surface area contributed by atoms with Gasteiger partial charge in [-0.3, -0.25) is 4.57 Å². The number of benzene rings is 1. The summed E-state index contributed by atoms with van der Waals surface area (Å²) in [5, 5.41) is 0. The van der Waals surface area contributed by atoms with Crippen molar-refractivity contribution in [3.63, 3.8) is 0 Å². The van der Waals surface area contributed by atoms with Crippen LogP contribution in [0.4, 0.5) is 5.69 Å². The maximum atomic E-state index is 12.1. The van der Waals surface area contributed by atoms with Gasteiger partial charge in [-0.1, -0.05) is 0 Å². The van der Waals surface area contributed by atoms with E-state index in [1.165, 1.54) is 4.57 Å². The molecule has 0 amide bonds. The van der Waals surface area contributed by atoms with Gasteiger partial charge in [0.15, 0.2) is 15.4 Å². The smallest absolute Gasteiger partial charge is 0.408 e. The number of hydrogen-bond acceptors (Lipinski definition) is 5. The molecule has 0 saturated heterocycles. The van der Waals surface area contributed by atoms with E-state index in [0.29, 0.717) is 16.8 Å². The van der Waals surface area contributed by atoms with Crippen molar-refractivity contribution in [1.82, 2.24) is 4.57 Å². The van der Waals surface area contributed by atoms with E-state index in [-0.39, 0.29) is 12.3 Å². The number of aromatic nitrogens is 1. The Kier molecular flexibility index (Phi) is 3.41. The molecule has 2 aromatic rings. The molecule has 0 aliphatic heterocycles. The van der Waals surface area contributed by atoms with Crippen LogP contribution in [0.25, 0.3) is 11.1 Å². The summed E-state index contributed by atoms with van der Waals surface area (Å²) in [7, 11) is -3.30. The van der Waals surface area contributed by atoms with Crippen molar-refractivity contribution in [2.45, 2.75) is 32.1 Å². The summed E-state index contributed by atoms with van der Waals surface area (Å²) in [6.45, 7) is 4.96. The zero-order valence-corrected chi connectivity index (χ0v) is 12.5. The molecule has 0 atom stereocenters. The molecule has 0 bridgehead atoms. The summed E-state index contributed by atoms with van der Waals surface area (Å²) < 4.78 is 29.7. The van der Waals surface area contributed by atoms with E-state index >= 15 is 0 Å². The number of sulfone groups is 1. The molecule has 1 heterocycles. The van der Waals surface area contributed by atoms with E-state index in [1.54, 1.807) is 39.0 Å². The Bertz CT molecular complexity index is 794. The van der Waals surface area contributed by atoms with Gasteiger partial charge in [0.2, 0.25) is 0 Å². The quantitative estimate of drug-likeness (QED) is 0.864. The SMILES string of the molecule is CC(C)(C)S(=O)(=O)CCn1c(=O)oc2ccc(N)cc21. The van der Waals surface area contributed by atoms with Gasteiger partial charge in [-0.15, -0.1) is 0 Å². The monoisotopic (exact) mass is 298 g/mol. The minimum absolute atomic E-state index is 0.0505. The molecular formula is C13H18N2O4S. The number of nitrogens with zero attached hydrogens (tertiary/aromatic N) is 1. The van der Waals surface area contributed by atoms with Crippen molar-refractivity contribution in [1.29, 1.82) is 0 Å². The summed E-state index contributed by atoms with van der Waals surface area (Å²) in [5.74, 6) is -0.700. The maximum Gasteiger partial charge on any atom is 0.419 e. The summed E-state index contributed by atoms with van der Waals surface area (Å²) in [6, 6.07) is 4.83. The predicted molar refractivity (Wildman–Crippen MR) is 78.4 cm³/mol. The maximum absolute atomic E-state index is 12.1. The lowest BCUT2D eigenvalue weighted by molar-refractivity contribution is 0.508. The highest BCUT2D eigenvalue weighted by Gasteiger charge is 2.29. The predicted octanol–water partition coefficient (Wildman–Crippen LogP) is 1.39. The molecule has 2 N–H and O–H groups in total. The van der Waals surface area contributed by atoms with E-state index in [4.69, 9.17) is 10.2 Å². The molecule has 110 valence electrons. The standard InChI is InChI=1S/C13H18N2O4S/c1-13(2,3)20(17,18)7-6-15-10-8-9(14)4-5-11(10)19-12(15)16/h4-5,8H,6-7,14H2,1-3H3. The average molecular weight is 298 g/mol. The van der Waals surface area contributed by atoms with E-state index in [9.17, 15) is 13.2 Å². The Morgan fingerprint density at radius 2 is 1.95 bits per heavy atom. The fourth-order valence-electron chi connectivity index (χ4n) is 1.81. The Morgan fingerprint density at radius 3 is 2.55 bits per heavy atom. The number of oxazole rings is 1. The van der Waals surface area contributed by atoms with Crippen LogP contribution < -0.4 is 11.5 Å². The third-order valence-electron chi connectivity index (χ3n) is 3.21. The number of fused-ring (bicyclic) bond motifs is 1. The van der Waals surface area contributed by atoms with Gasteiger partial charge >= 0.3 is 5.76 Å². The van der Waals surface area contributed by atoms with E-state index in [0.717, 1.165) is 0 Å². The molecule has 6 nitrogen and oxygen atoms in total. The lowest BCUT2D eigenvalue weighted by Crippen LogP contribution is -2.33. The van der Waals surface area contributed by atoms with Crippen LogP contribution in [0.5, 0.6) is 0 Å². The Balaban J connectivity index is 2.38. The van der Waals surface area contributed by atoms with Crippen molar-refractivity contribution in [2.24, 2.45) is 0 Å². The highest BCUT2D eigenvalue weighted by atomic mass is 32.2. The second-order valence-corrected chi connectivity index (χ2v) is 8.54. The molecule has 0 spiro atoms. The molecule has 20 heavy (non-hydrogen) atoms. The van der Waals surface area contributed by atoms with Gasteiger partial charge in [0.1, 0.15) is 0 Å². The third-order valence-corrected chi connectivity index (χ3v) is 5.79. The van der Waals surface area contributed by atoms with Crippen molar-refractivity contribution < 1.29 is 12.8 Å². The largest absolute Gasteiger partial charge is 0.419 e. The molecule has 0 unspecified atom stereocenters.